The maximum atomic E-state index is 12.6. The lowest BCUT2D eigenvalue weighted by atomic mass is 10.0. The minimum absolute atomic E-state index is 0.116. The monoisotopic (exact) mass is 617 g/mol. The van der Waals surface area contributed by atoms with Crippen LogP contribution >= 0.6 is 0 Å². The molecule has 1 aromatic rings. The standard InChI is InChI=1S/C40H72O4/c1-3-5-7-9-11-13-15-16-17-19-21-23-25-30-34-42-36-39(37-43-35-38-31-27-26-28-32-38)44-40(41)33-29-24-22-20-18-14-12-10-8-6-4-2/h26-28,31-32,39H,3-25,29-30,33-37H2,1-2H3. The van der Waals surface area contributed by atoms with Gasteiger partial charge in [0.2, 0.25) is 0 Å². The van der Waals surface area contributed by atoms with Crippen LogP contribution in [0.25, 0.3) is 0 Å². The second-order valence-corrected chi connectivity index (χ2v) is 13.1. The Morgan fingerprint density at radius 3 is 1.41 bits per heavy atom. The van der Waals surface area contributed by atoms with Gasteiger partial charge in [-0.05, 0) is 18.4 Å². The van der Waals surface area contributed by atoms with E-state index in [0.29, 0.717) is 26.2 Å². The average Bonchev–Trinajstić information content (AvgIpc) is 3.03. The lowest BCUT2D eigenvalue weighted by molar-refractivity contribution is -0.156. The molecule has 0 amide bonds. The van der Waals surface area contributed by atoms with Crippen molar-refractivity contribution in [2.75, 3.05) is 19.8 Å². The van der Waals surface area contributed by atoms with Crippen LogP contribution in [-0.4, -0.2) is 31.9 Å². The predicted octanol–water partition coefficient (Wildman–Crippen LogP) is 12.3. The van der Waals surface area contributed by atoms with Crippen molar-refractivity contribution in [1.29, 1.82) is 0 Å². The van der Waals surface area contributed by atoms with Gasteiger partial charge in [0.1, 0.15) is 6.10 Å². The summed E-state index contributed by atoms with van der Waals surface area (Å²) in [6, 6.07) is 10.2. The second-order valence-electron chi connectivity index (χ2n) is 13.1. The zero-order valence-electron chi connectivity index (χ0n) is 29.3. The molecule has 4 nitrogen and oxygen atoms in total. The van der Waals surface area contributed by atoms with Gasteiger partial charge in [0.05, 0.1) is 19.8 Å². The minimum atomic E-state index is -0.342. The number of hydrogen-bond acceptors (Lipinski definition) is 4. The van der Waals surface area contributed by atoms with E-state index in [1.54, 1.807) is 0 Å². The van der Waals surface area contributed by atoms with E-state index in [1.165, 1.54) is 141 Å². The highest BCUT2D eigenvalue weighted by atomic mass is 16.6. The van der Waals surface area contributed by atoms with Crippen molar-refractivity contribution in [2.45, 2.75) is 193 Å². The van der Waals surface area contributed by atoms with Crippen LogP contribution in [0.15, 0.2) is 30.3 Å². The Balaban J connectivity index is 2.11. The van der Waals surface area contributed by atoms with Crippen LogP contribution in [0.4, 0.5) is 0 Å². The number of benzene rings is 1. The van der Waals surface area contributed by atoms with E-state index in [0.717, 1.165) is 31.4 Å². The van der Waals surface area contributed by atoms with Crippen molar-refractivity contribution >= 4 is 5.97 Å². The smallest absolute Gasteiger partial charge is 0.306 e. The first-order valence-corrected chi connectivity index (χ1v) is 19.1. The van der Waals surface area contributed by atoms with Gasteiger partial charge in [-0.25, -0.2) is 0 Å². The van der Waals surface area contributed by atoms with Crippen molar-refractivity contribution in [2.24, 2.45) is 0 Å². The fraction of sp³-hybridized carbons (Fsp3) is 0.825. The summed E-state index contributed by atoms with van der Waals surface area (Å²) in [6.45, 7) is 6.59. The topological polar surface area (TPSA) is 44.8 Å². The first-order valence-electron chi connectivity index (χ1n) is 19.1. The normalized spacial score (nSPS) is 12.0. The third-order valence-electron chi connectivity index (χ3n) is 8.64. The van der Waals surface area contributed by atoms with Crippen LogP contribution in [-0.2, 0) is 25.6 Å². The molecule has 1 unspecified atom stereocenters. The number of carbonyl (C=O) groups excluding carboxylic acids is 1. The molecule has 0 fully saturated rings. The maximum absolute atomic E-state index is 12.6. The summed E-state index contributed by atoms with van der Waals surface area (Å²) in [5.41, 5.74) is 1.13. The molecule has 0 aliphatic rings. The van der Waals surface area contributed by atoms with Gasteiger partial charge in [0.25, 0.3) is 0 Å². The zero-order chi connectivity index (χ0) is 31.6. The Bertz CT molecular complexity index is 707. The van der Waals surface area contributed by atoms with Gasteiger partial charge >= 0.3 is 5.97 Å². The number of unbranched alkanes of at least 4 members (excludes halogenated alkanes) is 23. The second kappa shape index (κ2) is 33.0. The van der Waals surface area contributed by atoms with Gasteiger partial charge in [-0.1, -0.05) is 192 Å². The summed E-state index contributed by atoms with van der Waals surface area (Å²) in [5, 5.41) is 0. The molecule has 0 N–H and O–H groups in total. The Kier molecular flexibility index (Phi) is 30.5. The molecule has 0 aromatic heterocycles. The summed E-state index contributed by atoms with van der Waals surface area (Å²) >= 11 is 0. The van der Waals surface area contributed by atoms with Gasteiger partial charge in [-0.3, -0.25) is 4.79 Å². The molecule has 1 atom stereocenters. The van der Waals surface area contributed by atoms with E-state index in [9.17, 15) is 4.79 Å². The number of carbonyl (C=O) groups is 1. The van der Waals surface area contributed by atoms with Crippen molar-refractivity contribution in [1.82, 2.24) is 0 Å². The lowest BCUT2D eigenvalue weighted by Gasteiger charge is -2.18. The van der Waals surface area contributed by atoms with Crippen LogP contribution < -0.4 is 0 Å². The molecule has 4 heteroatoms. The van der Waals surface area contributed by atoms with E-state index in [4.69, 9.17) is 14.2 Å². The molecule has 0 saturated carbocycles. The number of rotatable bonds is 34. The molecule has 0 aliphatic carbocycles. The van der Waals surface area contributed by atoms with Gasteiger partial charge in [0.15, 0.2) is 0 Å². The first-order chi connectivity index (χ1) is 21.8. The molecule has 44 heavy (non-hydrogen) atoms. The number of ether oxygens (including phenoxy) is 3. The van der Waals surface area contributed by atoms with Gasteiger partial charge in [0, 0.05) is 13.0 Å². The third-order valence-corrected chi connectivity index (χ3v) is 8.64. The molecule has 1 aromatic carbocycles. The quantitative estimate of drug-likeness (QED) is 0.0571. The van der Waals surface area contributed by atoms with Crippen LogP contribution in [0, 0.1) is 0 Å². The number of esters is 1. The molecular formula is C40H72O4. The highest BCUT2D eigenvalue weighted by Gasteiger charge is 2.15. The van der Waals surface area contributed by atoms with Crippen LogP contribution in [0.1, 0.15) is 186 Å². The zero-order valence-corrected chi connectivity index (χ0v) is 29.3. The van der Waals surface area contributed by atoms with Crippen molar-refractivity contribution in [3.8, 4) is 0 Å². The summed E-state index contributed by atoms with van der Waals surface area (Å²) < 4.78 is 17.7. The summed E-state index contributed by atoms with van der Waals surface area (Å²) in [4.78, 5) is 12.6. The largest absolute Gasteiger partial charge is 0.457 e. The Labute approximate surface area is 273 Å². The molecular weight excluding hydrogens is 544 g/mol. The Morgan fingerprint density at radius 1 is 0.523 bits per heavy atom. The molecule has 0 aliphatic heterocycles. The Morgan fingerprint density at radius 2 is 0.932 bits per heavy atom. The molecule has 0 spiro atoms. The SMILES string of the molecule is CCCCCCCCCCCCCCCCOCC(COCc1ccccc1)OC(=O)CCCCCCCCCCCCC. The molecule has 256 valence electrons. The molecule has 0 saturated heterocycles. The van der Waals surface area contributed by atoms with Crippen LogP contribution in [0.3, 0.4) is 0 Å². The fourth-order valence-corrected chi connectivity index (χ4v) is 5.79. The average molecular weight is 617 g/mol. The summed E-state index contributed by atoms with van der Waals surface area (Å²) in [5.74, 6) is -0.116. The van der Waals surface area contributed by atoms with Crippen LogP contribution in [0.2, 0.25) is 0 Å². The molecule has 1 rings (SSSR count). The van der Waals surface area contributed by atoms with Gasteiger partial charge in [-0.2, -0.15) is 0 Å². The number of hydrogen-bond donors (Lipinski definition) is 0. The fourth-order valence-electron chi connectivity index (χ4n) is 5.79. The third kappa shape index (κ3) is 28.1. The summed E-state index contributed by atoms with van der Waals surface area (Å²) in [7, 11) is 0. The maximum Gasteiger partial charge on any atom is 0.306 e. The summed E-state index contributed by atoms with van der Waals surface area (Å²) in [6.07, 6.45) is 33.1. The van der Waals surface area contributed by atoms with E-state index >= 15 is 0 Å². The highest BCUT2D eigenvalue weighted by Crippen LogP contribution is 2.14. The molecule has 0 heterocycles. The van der Waals surface area contributed by atoms with Gasteiger partial charge in [-0.15, -0.1) is 0 Å². The highest BCUT2D eigenvalue weighted by molar-refractivity contribution is 5.69. The first kappa shape index (κ1) is 40.6. The van der Waals surface area contributed by atoms with E-state index in [1.807, 2.05) is 18.2 Å². The van der Waals surface area contributed by atoms with Crippen molar-refractivity contribution in [3.05, 3.63) is 35.9 Å². The Hall–Kier alpha value is -1.39. The van der Waals surface area contributed by atoms with E-state index < -0.39 is 0 Å². The predicted molar refractivity (Wildman–Crippen MR) is 188 cm³/mol. The van der Waals surface area contributed by atoms with Gasteiger partial charge < -0.3 is 14.2 Å². The van der Waals surface area contributed by atoms with Crippen molar-refractivity contribution in [3.63, 3.8) is 0 Å². The molecule has 0 bridgehead atoms. The van der Waals surface area contributed by atoms with Crippen LogP contribution in [0.5, 0.6) is 0 Å². The van der Waals surface area contributed by atoms with Crippen molar-refractivity contribution < 1.29 is 19.0 Å². The lowest BCUT2D eigenvalue weighted by Crippen LogP contribution is -2.28. The molecule has 0 radical (unpaired) electrons. The minimum Gasteiger partial charge on any atom is -0.457 e. The van der Waals surface area contributed by atoms with E-state index in [2.05, 4.69) is 26.0 Å². The van der Waals surface area contributed by atoms with E-state index in [-0.39, 0.29) is 12.1 Å².